The third-order valence-corrected chi connectivity index (χ3v) is 5.73. The minimum Gasteiger partial charge on any atom is -0.467 e. The molecule has 0 aliphatic carbocycles. The van der Waals surface area contributed by atoms with Gasteiger partial charge in [-0.3, -0.25) is 9.59 Å². The summed E-state index contributed by atoms with van der Waals surface area (Å²) in [7, 11) is 0. The van der Waals surface area contributed by atoms with E-state index >= 15 is 0 Å². The lowest BCUT2D eigenvalue weighted by atomic mass is 10.1. The zero-order chi connectivity index (χ0) is 22.1. The maximum atomic E-state index is 13.3. The van der Waals surface area contributed by atoms with Gasteiger partial charge in [0, 0.05) is 25.3 Å². The zero-order valence-electron chi connectivity index (χ0n) is 18.7. The van der Waals surface area contributed by atoms with E-state index in [1.165, 1.54) is 5.56 Å². The molecule has 0 N–H and O–H groups in total. The van der Waals surface area contributed by atoms with Crippen molar-refractivity contribution in [3.8, 4) is 0 Å². The lowest BCUT2D eigenvalue weighted by Gasteiger charge is -2.29. The summed E-state index contributed by atoms with van der Waals surface area (Å²) in [5.41, 5.74) is 1.81. The Morgan fingerprint density at radius 3 is 2.52 bits per heavy atom. The molecule has 6 nitrogen and oxygen atoms in total. The second kappa shape index (κ2) is 11.7. The fraction of sp³-hybridized carbons (Fsp3) is 0.520. The molecule has 1 atom stereocenters. The van der Waals surface area contributed by atoms with Crippen molar-refractivity contribution in [1.82, 2.24) is 9.80 Å². The van der Waals surface area contributed by atoms with Gasteiger partial charge in [-0.25, -0.2) is 0 Å². The van der Waals surface area contributed by atoms with Gasteiger partial charge in [-0.05, 0) is 55.5 Å². The summed E-state index contributed by atoms with van der Waals surface area (Å²) in [4.78, 5) is 29.9. The van der Waals surface area contributed by atoms with Gasteiger partial charge < -0.3 is 19.0 Å². The van der Waals surface area contributed by atoms with Crippen molar-refractivity contribution < 1.29 is 18.7 Å². The van der Waals surface area contributed by atoms with Crippen molar-refractivity contribution in [2.45, 2.75) is 58.6 Å². The maximum absolute atomic E-state index is 13.3. The summed E-state index contributed by atoms with van der Waals surface area (Å²) < 4.78 is 11.2. The Hall–Kier alpha value is -2.60. The number of carbonyl (C=O) groups excluding carboxylic acids is 2. The Bertz CT molecular complexity index is 811. The van der Waals surface area contributed by atoms with Crippen LogP contribution in [-0.2, 0) is 22.5 Å². The van der Waals surface area contributed by atoms with Crippen LogP contribution in [0.15, 0.2) is 47.1 Å². The largest absolute Gasteiger partial charge is 0.467 e. The molecule has 3 rings (SSSR count). The molecule has 1 aromatic carbocycles. The Kier molecular flexibility index (Phi) is 8.71. The summed E-state index contributed by atoms with van der Waals surface area (Å²) in [5.74, 6) is 0.550. The van der Waals surface area contributed by atoms with Crippen molar-refractivity contribution in [2.24, 2.45) is 0 Å². The molecule has 6 heteroatoms. The number of hydrogen-bond donors (Lipinski definition) is 0. The van der Waals surface area contributed by atoms with E-state index in [9.17, 15) is 9.59 Å². The maximum Gasteiger partial charge on any atom is 0.254 e. The minimum absolute atomic E-state index is 0.0419. The Labute approximate surface area is 185 Å². The Balaban J connectivity index is 1.72. The van der Waals surface area contributed by atoms with Gasteiger partial charge in [0.2, 0.25) is 5.91 Å². The first-order chi connectivity index (χ1) is 15.1. The molecule has 0 spiro atoms. The van der Waals surface area contributed by atoms with Gasteiger partial charge in [-0.1, -0.05) is 32.4 Å². The number of aryl methyl sites for hydroxylation is 1. The number of furan rings is 1. The summed E-state index contributed by atoms with van der Waals surface area (Å²) in [6, 6.07) is 11.4. The molecule has 0 unspecified atom stereocenters. The molecule has 1 aliphatic rings. The van der Waals surface area contributed by atoms with Crippen LogP contribution in [0, 0.1) is 0 Å². The molecule has 1 aliphatic heterocycles. The first kappa shape index (κ1) is 23.1. The molecule has 31 heavy (non-hydrogen) atoms. The average Bonchev–Trinajstić information content (AvgIpc) is 3.50. The van der Waals surface area contributed by atoms with Crippen LogP contribution >= 0.6 is 0 Å². The van der Waals surface area contributed by atoms with Crippen LogP contribution in [0.4, 0.5) is 0 Å². The van der Waals surface area contributed by atoms with E-state index in [1.807, 2.05) is 36.4 Å². The van der Waals surface area contributed by atoms with Gasteiger partial charge in [0.1, 0.15) is 12.3 Å². The van der Waals surface area contributed by atoms with Gasteiger partial charge in [0.05, 0.1) is 18.9 Å². The third kappa shape index (κ3) is 6.69. The number of benzene rings is 1. The first-order valence-electron chi connectivity index (χ1n) is 11.4. The highest BCUT2D eigenvalue weighted by Gasteiger charge is 2.26. The van der Waals surface area contributed by atoms with Crippen LogP contribution in [0.2, 0.25) is 0 Å². The molecule has 0 saturated carbocycles. The highest BCUT2D eigenvalue weighted by molar-refractivity contribution is 5.96. The van der Waals surface area contributed by atoms with Gasteiger partial charge in [-0.15, -0.1) is 0 Å². The van der Waals surface area contributed by atoms with Crippen LogP contribution in [0.3, 0.4) is 0 Å². The van der Waals surface area contributed by atoms with Gasteiger partial charge in [-0.2, -0.15) is 0 Å². The van der Waals surface area contributed by atoms with Crippen LogP contribution < -0.4 is 0 Å². The second-order valence-corrected chi connectivity index (χ2v) is 8.12. The van der Waals surface area contributed by atoms with Gasteiger partial charge in [0.15, 0.2) is 0 Å². The fourth-order valence-corrected chi connectivity index (χ4v) is 3.81. The molecular formula is C25H34N2O4. The van der Waals surface area contributed by atoms with E-state index in [0.717, 1.165) is 44.5 Å². The summed E-state index contributed by atoms with van der Waals surface area (Å²) >= 11 is 0. The SMILES string of the molecule is CCCCN(CC(=O)N(Cc1ccco1)C[C@@H]1CCCO1)C(=O)c1ccc(CC)cc1. The lowest BCUT2D eigenvalue weighted by molar-refractivity contribution is -0.134. The van der Waals surface area contributed by atoms with Crippen LogP contribution in [-0.4, -0.2) is 54.0 Å². The highest BCUT2D eigenvalue weighted by atomic mass is 16.5. The number of nitrogens with zero attached hydrogens (tertiary/aromatic N) is 2. The highest BCUT2D eigenvalue weighted by Crippen LogP contribution is 2.17. The molecule has 2 amide bonds. The van der Waals surface area contributed by atoms with E-state index < -0.39 is 0 Å². The molecular weight excluding hydrogens is 392 g/mol. The van der Waals surface area contributed by atoms with Crippen LogP contribution in [0.25, 0.3) is 0 Å². The van der Waals surface area contributed by atoms with E-state index in [4.69, 9.17) is 9.15 Å². The average molecular weight is 427 g/mol. The quantitative estimate of drug-likeness (QED) is 0.538. The number of rotatable bonds is 11. The fourth-order valence-electron chi connectivity index (χ4n) is 3.81. The number of amides is 2. The Morgan fingerprint density at radius 1 is 1.10 bits per heavy atom. The van der Waals surface area contributed by atoms with E-state index in [0.29, 0.717) is 25.2 Å². The summed E-state index contributed by atoms with van der Waals surface area (Å²) in [6.45, 7) is 6.42. The van der Waals surface area contributed by atoms with Crippen LogP contribution in [0.1, 0.15) is 61.2 Å². The molecule has 0 bridgehead atoms. The normalized spacial score (nSPS) is 15.7. The standard InChI is InChI=1S/C25H34N2O4/c1-3-5-14-26(25(29)21-12-10-20(4-2)11-13-21)19-24(28)27(17-22-8-6-15-30-22)18-23-9-7-16-31-23/h6,8,10-13,15,23H,3-5,7,9,14,16-19H2,1-2H3/t23-/m0/s1. The predicted octanol–water partition coefficient (Wildman–Crippen LogP) is 4.29. The number of ether oxygens (including phenoxy) is 1. The Morgan fingerprint density at radius 2 is 1.90 bits per heavy atom. The van der Waals surface area contributed by atoms with Gasteiger partial charge in [0.25, 0.3) is 5.91 Å². The molecule has 1 aromatic heterocycles. The van der Waals surface area contributed by atoms with Crippen molar-refractivity contribution in [3.63, 3.8) is 0 Å². The summed E-state index contributed by atoms with van der Waals surface area (Å²) in [5, 5.41) is 0. The topological polar surface area (TPSA) is 63.0 Å². The molecule has 2 heterocycles. The minimum atomic E-state index is -0.0977. The van der Waals surface area contributed by atoms with Crippen molar-refractivity contribution in [2.75, 3.05) is 26.2 Å². The van der Waals surface area contributed by atoms with E-state index in [-0.39, 0.29) is 24.5 Å². The van der Waals surface area contributed by atoms with Crippen LogP contribution in [0.5, 0.6) is 0 Å². The summed E-state index contributed by atoms with van der Waals surface area (Å²) in [6.07, 6.45) is 6.36. The molecule has 2 aromatic rings. The monoisotopic (exact) mass is 426 g/mol. The van der Waals surface area contributed by atoms with Crippen molar-refractivity contribution >= 4 is 11.8 Å². The first-order valence-corrected chi connectivity index (χ1v) is 11.4. The predicted molar refractivity (Wildman–Crippen MR) is 120 cm³/mol. The number of hydrogen-bond acceptors (Lipinski definition) is 4. The molecule has 0 radical (unpaired) electrons. The van der Waals surface area contributed by atoms with E-state index in [2.05, 4.69) is 13.8 Å². The molecule has 1 fully saturated rings. The van der Waals surface area contributed by atoms with Crippen molar-refractivity contribution in [3.05, 3.63) is 59.5 Å². The third-order valence-electron chi connectivity index (χ3n) is 5.73. The van der Waals surface area contributed by atoms with E-state index in [1.54, 1.807) is 16.1 Å². The second-order valence-electron chi connectivity index (χ2n) is 8.12. The van der Waals surface area contributed by atoms with Gasteiger partial charge >= 0.3 is 0 Å². The number of unbranched alkanes of at least 4 members (excludes halogenated alkanes) is 1. The molecule has 168 valence electrons. The number of carbonyl (C=O) groups is 2. The smallest absolute Gasteiger partial charge is 0.254 e. The molecule has 1 saturated heterocycles. The lowest BCUT2D eigenvalue weighted by Crippen LogP contribution is -2.45. The zero-order valence-corrected chi connectivity index (χ0v) is 18.7. The van der Waals surface area contributed by atoms with Crippen molar-refractivity contribution in [1.29, 1.82) is 0 Å².